The fourth-order valence-electron chi connectivity index (χ4n) is 2.57. The number of carbonyl (C=O) groups excluding carboxylic acids is 1. The molecule has 2 heterocycles. The van der Waals surface area contributed by atoms with Gasteiger partial charge in [0.05, 0.1) is 13.2 Å². The molecule has 0 radical (unpaired) electrons. The summed E-state index contributed by atoms with van der Waals surface area (Å²) in [5.41, 5.74) is 1.11. The van der Waals surface area contributed by atoms with E-state index in [1.54, 1.807) is 18.5 Å². The zero-order valence-corrected chi connectivity index (χ0v) is 12.9. The van der Waals surface area contributed by atoms with Gasteiger partial charge in [-0.2, -0.15) is 0 Å². The van der Waals surface area contributed by atoms with Crippen LogP contribution in [0.3, 0.4) is 0 Å². The maximum Gasteiger partial charge on any atom is 0.224 e. The number of ether oxygens (including phenoxy) is 1. The Morgan fingerprint density at radius 2 is 2.00 bits per heavy atom. The maximum absolute atomic E-state index is 12.4. The van der Waals surface area contributed by atoms with Gasteiger partial charge >= 0.3 is 0 Å². The Kier molecular flexibility index (Phi) is 5.16. The third-order valence-electron chi connectivity index (χ3n) is 3.78. The van der Waals surface area contributed by atoms with Crippen molar-refractivity contribution in [3.8, 4) is 0 Å². The lowest BCUT2D eigenvalue weighted by molar-refractivity contribution is -0.138. The first-order chi connectivity index (χ1) is 11.3. The average molecular weight is 312 g/mol. The predicted octanol–water partition coefficient (Wildman–Crippen LogP) is 1.88. The zero-order valence-electron chi connectivity index (χ0n) is 12.9. The minimum Gasteiger partial charge on any atom is -0.370 e. The fraction of sp³-hybridized carbons (Fsp3) is 0.353. The Morgan fingerprint density at radius 3 is 2.78 bits per heavy atom. The van der Waals surface area contributed by atoms with E-state index in [9.17, 15) is 4.79 Å². The third kappa shape index (κ3) is 4.26. The number of benzene rings is 1. The van der Waals surface area contributed by atoms with Crippen LogP contribution >= 0.6 is 0 Å². The molecule has 0 saturated carbocycles. The molecule has 3 rings (SSSR count). The lowest BCUT2D eigenvalue weighted by Crippen LogP contribution is -2.42. The molecule has 6 heteroatoms. The summed E-state index contributed by atoms with van der Waals surface area (Å²) in [5, 5.41) is 3.06. The fourth-order valence-corrected chi connectivity index (χ4v) is 2.57. The summed E-state index contributed by atoms with van der Waals surface area (Å²) in [4.78, 5) is 22.4. The van der Waals surface area contributed by atoms with Gasteiger partial charge in [-0.15, -0.1) is 0 Å². The average Bonchev–Trinajstić information content (AvgIpc) is 2.63. The number of morpholine rings is 1. The van der Waals surface area contributed by atoms with Crippen molar-refractivity contribution < 1.29 is 9.53 Å². The highest BCUT2D eigenvalue weighted by molar-refractivity contribution is 5.76. The lowest BCUT2D eigenvalue weighted by Gasteiger charge is -2.33. The molecule has 1 aromatic carbocycles. The Bertz CT molecular complexity index is 621. The van der Waals surface area contributed by atoms with Crippen LogP contribution in [0.25, 0.3) is 0 Å². The summed E-state index contributed by atoms with van der Waals surface area (Å²) in [5.74, 6) is 0.669. The van der Waals surface area contributed by atoms with Gasteiger partial charge in [-0.25, -0.2) is 9.97 Å². The molecule has 0 aliphatic carbocycles. The van der Waals surface area contributed by atoms with E-state index < -0.39 is 0 Å². The number of aromatic nitrogens is 2. The summed E-state index contributed by atoms with van der Waals surface area (Å²) in [6.45, 7) is 2.34. The van der Waals surface area contributed by atoms with Crippen LogP contribution in [0.1, 0.15) is 18.1 Å². The first kappa shape index (κ1) is 15.4. The van der Waals surface area contributed by atoms with Crippen molar-refractivity contribution in [2.75, 3.05) is 31.6 Å². The van der Waals surface area contributed by atoms with E-state index in [0.717, 1.165) is 5.56 Å². The van der Waals surface area contributed by atoms with E-state index in [0.29, 0.717) is 38.6 Å². The Labute approximate surface area is 135 Å². The molecule has 0 unspecified atom stereocenters. The summed E-state index contributed by atoms with van der Waals surface area (Å²) in [6.07, 6.45) is 3.71. The Morgan fingerprint density at radius 1 is 1.22 bits per heavy atom. The molecule has 2 aromatic rings. The normalized spacial score (nSPS) is 17.7. The molecule has 0 bridgehead atoms. The number of rotatable bonds is 5. The van der Waals surface area contributed by atoms with Crippen molar-refractivity contribution in [1.82, 2.24) is 14.9 Å². The third-order valence-corrected chi connectivity index (χ3v) is 3.78. The van der Waals surface area contributed by atoms with Gasteiger partial charge in [0.15, 0.2) is 0 Å². The number of nitrogens with one attached hydrogen (secondary N) is 1. The molecule has 23 heavy (non-hydrogen) atoms. The smallest absolute Gasteiger partial charge is 0.224 e. The van der Waals surface area contributed by atoms with E-state index in [1.165, 1.54) is 0 Å². The second-order valence-corrected chi connectivity index (χ2v) is 5.36. The molecule has 1 fully saturated rings. The summed E-state index contributed by atoms with van der Waals surface area (Å²) >= 11 is 0. The summed E-state index contributed by atoms with van der Waals surface area (Å²) < 4.78 is 5.79. The summed E-state index contributed by atoms with van der Waals surface area (Å²) in [7, 11) is 0. The Balaban J connectivity index is 1.49. The minimum atomic E-state index is -0.0423. The predicted molar refractivity (Wildman–Crippen MR) is 86.9 cm³/mol. The van der Waals surface area contributed by atoms with Gasteiger partial charge in [-0.05, 0) is 11.6 Å². The van der Waals surface area contributed by atoms with Gasteiger partial charge in [0.2, 0.25) is 11.9 Å². The second-order valence-electron chi connectivity index (χ2n) is 5.36. The molecule has 1 aliphatic rings. The highest BCUT2D eigenvalue weighted by Crippen LogP contribution is 2.22. The van der Waals surface area contributed by atoms with Crippen molar-refractivity contribution in [1.29, 1.82) is 0 Å². The van der Waals surface area contributed by atoms with Gasteiger partial charge in [-0.1, -0.05) is 30.3 Å². The first-order valence-electron chi connectivity index (χ1n) is 7.78. The van der Waals surface area contributed by atoms with Crippen LogP contribution in [0.4, 0.5) is 5.95 Å². The molecular formula is C17H20N4O2. The zero-order chi connectivity index (χ0) is 15.9. The number of hydrogen-bond acceptors (Lipinski definition) is 5. The van der Waals surface area contributed by atoms with E-state index in [4.69, 9.17) is 4.74 Å². The van der Waals surface area contributed by atoms with Gasteiger partial charge in [0, 0.05) is 31.9 Å². The van der Waals surface area contributed by atoms with Crippen LogP contribution in [0.5, 0.6) is 0 Å². The maximum atomic E-state index is 12.4. The van der Waals surface area contributed by atoms with E-state index >= 15 is 0 Å². The quantitative estimate of drug-likeness (QED) is 0.913. The molecule has 1 aromatic heterocycles. The van der Waals surface area contributed by atoms with Crippen molar-refractivity contribution in [2.45, 2.75) is 12.5 Å². The molecule has 1 amide bonds. The van der Waals surface area contributed by atoms with Crippen molar-refractivity contribution in [3.05, 3.63) is 54.4 Å². The molecule has 1 aliphatic heterocycles. The molecule has 1 saturated heterocycles. The van der Waals surface area contributed by atoms with E-state index in [2.05, 4.69) is 15.3 Å². The first-order valence-corrected chi connectivity index (χ1v) is 7.78. The monoisotopic (exact) mass is 312 g/mol. The van der Waals surface area contributed by atoms with Crippen LogP contribution in [0.2, 0.25) is 0 Å². The molecular weight excluding hydrogens is 292 g/mol. The van der Waals surface area contributed by atoms with Crippen molar-refractivity contribution in [3.63, 3.8) is 0 Å². The molecule has 6 nitrogen and oxygen atoms in total. The minimum absolute atomic E-state index is 0.0423. The highest BCUT2D eigenvalue weighted by atomic mass is 16.5. The molecule has 120 valence electrons. The topological polar surface area (TPSA) is 67.4 Å². The van der Waals surface area contributed by atoms with Gasteiger partial charge in [0.25, 0.3) is 0 Å². The van der Waals surface area contributed by atoms with Crippen LogP contribution in [0.15, 0.2) is 48.8 Å². The number of anilines is 1. The second kappa shape index (κ2) is 7.69. The number of carbonyl (C=O) groups is 1. The standard InChI is InChI=1S/C17H20N4O2/c22-16(7-10-20-17-18-8-4-9-19-17)21-11-12-23-15(13-21)14-5-2-1-3-6-14/h1-6,8-9,15H,7,10-13H2,(H,18,19,20)/t15-/m0/s1. The van der Waals surface area contributed by atoms with Crippen LogP contribution in [0, 0.1) is 0 Å². The highest BCUT2D eigenvalue weighted by Gasteiger charge is 2.24. The number of nitrogens with zero attached hydrogens (tertiary/aromatic N) is 3. The van der Waals surface area contributed by atoms with Gasteiger partial charge in [-0.3, -0.25) is 4.79 Å². The van der Waals surface area contributed by atoms with E-state index in [-0.39, 0.29) is 12.0 Å². The Hall–Kier alpha value is -2.47. The van der Waals surface area contributed by atoms with Gasteiger partial charge in [0.1, 0.15) is 6.10 Å². The van der Waals surface area contributed by atoms with Gasteiger partial charge < -0.3 is 15.0 Å². The molecule has 1 N–H and O–H groups in total. The van der Waals surface area contributed by atoms with Crippen LogP contribution in [-0.2, 0) is 9.53 Å². The van der Waals surface area contributed by atoms with Crippen LogP contribution in [-0.4, -0.2) is 47.0 Å². The van der Waals surface area contributed by atoms with E-state index in [1.807, 2.05) is 35.2 Å². The summed E-state index contributed by atoms with van der Waals surface area (Å²) in [6, 6.07) is 11.8. The largest absolute Gasteiger partial charge is 0.370 e. The lowest BCUT2D eigenvalue weighted by atomic mass is 10.1. The molecule has 1 atom stereocenters. The van der Waals surface area contributed by atoms with Crippen molar-refractivity contribution >= 4 is 11.9 Å². The molecule has 0 spiro atoms. The number of amides is 1. The van der Waals surface area contributed by atoms with Crippen LogP contribution < -0.4 is 5.32 Å². The SMILES string of the molecule is O=C(CCNc1ncccn1)N1CCO[C@H](c2ccccc2)C1. The van der Waals surface area contributed by atoms with Crippen molar-refractivity contribution in [2.24, 2.45) is 0 Å². The number of hydrogen-bond donors (Lipinski definition) is 1.